The molecule has 27 heavy (non-hydrogen) atoms. The third-order valence-electron chi connectivity index (χ3n) is 4.85. The first-order chi connectivity index (χ1) is 12.8. The molecule has 0 aliphatic heterocycles. The van der Waals surface area contributed by atoms with Crippen LogP contribution in [-0.4, -0.2) is 27.4 Å². The molecule has 5 nitrogen and oxygen atoms in total. The van der Waals surface area contributed by atoms with Gasteiger partial charge in [0.2, 0.25) is 15.9 Å². The van der Waals surface area contributed by atoms with Gasteiger partial charge in [-0.3, -0.25) is 4.79 Å². The van der Waals surface area contributed by atoms with E-state index < -0.39 is 15.4 Å². The van der Waals surface area contributed by atoms with Crippen molar-refractivity contribution in [2.45, 2.75) is 29.6 Å². The average Bonchev–Trinajstić information content (AvgIpc) is 2.59. The Hall–Kier alpha value is -1.41. The molecule has 0 bridgehead atoms. The highest BCUT2D eigenvalue weighted by Crippen LogP contribution is 2.44. The number of benzene rings is 2. The summed E-state index contributed by atoms with van der Waals surface area (Å²) >= 11 is 9.25. The van der Waals surface area contributed by atoms with E-state index in [4.69, 9.17) is 11.6 Å². The summed E-state index contributed by atoms with van der Waals surface area (Å²) in [5, 5.41) is 3.22. The lowest BCUT2D eigenvalue weighted by Crippen LogP contribution is -2.50. The molecule has 8 heteroatoms. The largest absolute Gasteiger partial charge is 0.354 e. The summed E-state index contributed by atoms with van der Waals surface area (Å²) in [7, 11) is -3.66. The van der Waals surface area contributed by atoms with Gasteiger partial charge in [-0.15, -0.1) is 0 Å². The second-order valence-electron chi connectivity index (χ2n) is 6.55. The van der Waals surface area contributed by atoms with Crippen LogP contribution < -0.4 is 10.0 Å². The summed E-state index contributed by atoms with van der Waals surface area (Å²) in [5.41, 5.74) is 0.487. The number of hydrogen-bond acceptors (Lipinski definition) is 3. The van der Waals surface area contributed by atoms with Crippen LogP contribution in [0.2, 0.25) is 5.02 Å². The van der Waals surface area contributed by atoms with Crippen molar-refractivity contribution < 1.29 is 13.2 Å². The number of hydrogen-bond donors (Lipinski definition) is 2. The summed E-state index contributed by atoms with van der Waals surface area (Å²) < 4.78 is 28.0. The molecule has 1 aliphatic rings. The summed E-state index contributed by atoms with van der Waals surface area (Å²) in [6.07, 6.45) is 2.61. The number of carbonyl (C=O) groups excluding carboxylic acids is 1. The highest BCUT2D eigenvalue weighted by molar-refractivity contribution is 9.10. The molecule has 0 radical (unpaired) electrons. The van der Waals surface area contributed by atoms with E-state index in [9.17, 15) is 13.2 Å². The Balaban J connectivity index is 1.57. The SMILES string of the molecule is O=C(NCCNS(=O)(=O)c1cccc(Cl)c1)C1(c2ccc(Br)cc2)CCC1. The number of nitrogens with one attached hydrogen (secondary N) is 2. The van der Waals surface area contributed by atoms with Gasteiger partial charge in [0, 0.05) is 22.6 Å². The number of carbonyl (C=O) groups is 1. The van der Waals surface area contributed by atoms with E-state index in [2.05, 4.69) is 26.0 Å². The standard InChI is InChI=1S/C19H20BrClN2O3S/c20-15-7-5-14(6-8-15)19(9-2-10-19)18(24)22-11-12-23-27(25,26)17-4-1-3-16(21)13-17/h1,3-8,13,23H,2,9-12H2,(H,22,24). The average molecular weight is 472 g/mol. The van der Waals surface area contributed by atoms with Gasteiger partial charge in [0.1, 0.15) is 0 Å². The first kappa shape index (κ1) is 20.3. The molecular formula is C19H20BrClN2O3S. The van der Waals surface area contributed by atoms with Crippen LogP contribution in [0.1, 0.15) is 24.8 Å². The van der Waals surface area contributed by atoms with Gasteiger partial charge in [0.25, 0.3) is 0 Å². The van der Waals surface area contributed by atoms with Crippen molar-refractivity contribution in [3.8, 4) is 0 Å². The Morgan fingerprint density at radius 2 is 1.81 bits per heavy atom. The summed E-state index contributed by atoms with van der Waals surface area (Å²) in [6.45, 7) is 0.327. The van der Waals surface area contributed by atoms with E-state index in [0.717, 1.165) is 29.3 Å². The molecule has 0 saturated heterocycles. The van der Waals surface area contributed by atoms with E-state index in [1.54, 1.807) is 12.1 Å². The molecule has 0 heterocycles. The fourth-order valence-corrected chi connectivity index (χ4v) is 4.79. The van der Waals surface area contributed by atoms with Gasteiger partial charge in [0.15, 0.2) is 0 Å². The third kappa shape index (κ3) is 4.54. The Morgan fingerprint density at radius 1 is 1.11 bits per heavy atom. The first-order valence-corrected chi connectivity index (χ1v) is 11.3. The van der Waals surface area contributed by atoms with Crippen molar-refractivity contribution in [3.63, 3.8) is 0 Å². The molecule has 2 aromatic carbocycles. The Labute approximate surface area is 172 Å². The molecular weight excluding hydrogens is 452 g/mol. The molecule has 0 unspecified atom stereocenters. The molecule has 0 spiro atoms. The summed E-state index contributed by atoms with van der Waals surface area (Å²) in [5.74, 6) is -0.0574. The fraction of sp³-hybridized carbons (Fsp3) is 0.316. The molecule has 0 atom stereocenters. The van der Waals surface area contributed by atoms with Crippen molar-refractivity contribution in [2.24, 2.45) is 0 Å². The van der Waals surface area contributed by atoms with Crippen molar-refractivity contribution in [1.29, 1.82) is 0 Å². The number of rotatable bonds is 7. The van der Waals surface area contributed by atoms with Gasteiger partial charge < -0.3 is 5.32 Å². The molecule has 2 aromatic rings. The van der Waals surface area contributed by atoms with E-state index in [1.807, 2.05) is 24.3 Å². The van der Waals surface area contributed by atoms with Crippen LogP contribution in [0.4, 0.5) is 0 Å². The molecule has 3 rings (SSSR count). The monoisotopic (exact) mass is 470 g/mol. The maximum Gasteiger partial charge on any atom is 0.240 e. The zero-order valence-electron chi connectivity index (χ0n) is 14.5. The lowest BCUT2D eigenvalue weighted by molar-refractivity contribution is -0.129. The van der Waals surface area contributed by atoms with Gasteiger partial charge >= 0.3 is 0 Å². The highest BCUT2D eigenvalue weighted by atomic mass is 79.9. The Morgan fingerprint density at radius 3 is 2.41 bits per heavy atom. The van der Waals surface area contributed by atoms with Crippen molar-refractivity contribution in [2.75, 3.05) is 13.1 Å². The van der Waals surface area contributed by atoms with E-state index in [0.29, 0.717) is 5.02 Å². The molecule has 1 saturated carbocycles. The Bertz CT molecular complexity index is 928. The van der Waals surface area contributed by atoms with E-state index >= 15 is 0 Å². The molecule has 1 amide bonds. The minimum atomic E-state index is -3.66. The number of amides is 1. The van der Waals surface area contributed by atoms with Crippen molar-refractivity contribution in [3.05, 3.63) is 63.6 Å². The van der Waals surface area contributed by atoms with E-state index in [1.165, 1.54) is 12.1 Å². The second kappa shape index (κ2) is 8.31. The molecule has 2 N–H and O–H groups in total. The van der Waals surface area contributed by atoms with Crippen LogP contribution in [0.25, 0.3) is 0 Å². The smallest absolute Gasteiger partial charge is 0.240 e. The van der Waals surface area contributed by atoms with Crippen molar-refractivity contribution in [1.82, 2.24) is 10.0 Å². The minimum Gasteiger partial charge on any atom is -0.354 e. The van der Waals surface area contributed by atoms with Crippen LogP contribution >= 0.6 is 27.5 Å². The lowest BCUT2D eigenvalue weighted by Gasteiger charge is -2.40. The van der Waals surface area contributed by atoms with Gasteiger partial charge in [-0.2, -0.15) is 0 Å². The van der Waals surface area contributed by atoms with Gasteiger partial charge in [-0.1, -0.05) is 52.2 Å². The summed E-state index contributed by atoms with van der Waals surface area (Å²) in [4.78, 5) is 12.9. The van der Waals surface area contributed by atoms with Crippen LogP contribution in [0, 0.1) is 0 Å². The maximum absolute atomic E-state index is 12.8. The molecule has 0 aromatic heterocycles. The Kier molecular flexibility index (Phi) is 6.25. The maximum atomic E-state index is 12.8. The van der Waals surface area contributed by atoms with Crippen LogP contribution in [0.3, 0.4) is 0 Å². The highest BCUT2D eigenvalue weighted by Gasteiger charge is 2.45. The zero-order chi connectivity index (χ0) is 19.5. The third-order valence-corrected chi connectivity index (χ3v) is 7.07. The lowest BCUT2D eigenvalue weighted by atomic mass is 9.64. The topological polar surface area (TPSA) is 75.3 Å². The molecule has 144 valence electrons. The first-order valence-electron chi connectivity index (χ1n) is 8.63. The zero-order valence-corrected chi connectivity index (χ0v) is 17.7. The minimum absolute atomic E-state index is 0.0574. The van der Waals surface area contributed by atoms with Gasteiger partial charge in [-0.25, -0.2) is 13.1 Å². The predicted molar refractivity (Wildman–Crippen MR) is 109 cm³/mol. The van der Waals surface area contributed by atoms with Crippen LogP contribution in [0.15, 0.2) is 57.9 Å². The van der Waals surface area contributed by atoms with Crippen LogP contribution in [0.5, 0.6) is 0 Å². The quantitative estimate of drug-likeness (QED) is 0.606. The van der Waals surface area contributed by atoms with Crippen molar-refractivity contribution >= 4 is 43.5 Å². The number of sulfonamides is 1. The second-order valence-corrected chi connectivity index (χ2v) is 9.67. The van der Waals surface area contributed by atoms with Gasteiger partial charge in [0.05, 0.1) is 10.3 Å². The summed E-state index contributed by atoms with van der Waals surface area (Å²) in [6, 6.07) is 13.8. The number of halogens is 2. The van der Waals surface area contributed by atoms with Gasteiger partial charge in [-0.05, 0) is 48.7 Å². The normalized spacial score (nSPS) is 15.8. The molecule has 1 aliphatic carbocycles. The molecule has 1 fully saturated rings. The fourth-order valence-electron chi connectivity index (χ4n) is 3.19. The predicted octanol–water partition coefficient (Wildman–Crippen LogP) is 3.62. The van der Waals surface area contributed by atoms with Crippen LogP contribution in [-0.2, 0) is 20.2 Å². The van der Waals surface area contributed by atoms with E-state index in [-0.39, 0.29) is 23.9 Å².